The van der Waals surface area contributed by atoms with Crippen LogP contribution in [0, 0.1) is 0 Å². The predicted octanol–water partition coefficient (Wildman–Crippen LogP) is 2.85. The van der Waals surface area contributed by atoms with E-state index in [0.717, 1.165) is 16.7 Å². The van der Waals surface area contributed by atoms with E-state index in [9.17, 15) is 14.4 Å². The second-order valence-electron chi connectivity index (χ2n) is 6.84. The number of ether oxygens (including phenoxy) is 1. The van der Waals surface area contributed by atoms with E-state index in [4.69, 9.17) is 4.74 Å². The Balaban J connectivity index is 1.49. The molecule has 150 valence electrons. The van der Waals surface area contributed by atoms with Gasteiger partial charge in [-0.3, -0.25) is 14.4 Å². The number of esters is 1. The molecule has 1 N–H and O–H groups in total. The minimum Gasteiger partial charge on any atom is -0.456 e. The Morgan fingerprint density at radius 1 is 1.03 bits per heavy atom. The van der Waals surface area contributed by atoms with Crippen LogP contribution in [0.15, 0.2) is 60.8 Å². The Kier molecular flexibility index (Phi) is 6.79. The van der Waals surface area contributed by atoms with E-state index in [2.05, 4.69) is 5.32 Å². The molecule has 1 aliphatic rings. The van der Waals surface area contributed by atoms with Crippen LogP contribution in [0.2, 0.25) is 0 Å². The van der Waals surface area contributed by atoms with Crippen molar-refractivity contribution in [2.24, 2.45) is 0 Å². The first-order valence-corrected chi connectivity index (χ1v) is 9.57. The molecule has 0 aliphatic carbocycles. The summed E-state index contributed by atoms with van der Waals surface area (Å²) in [6.07, 6.45) is 4.22. The monoisotopic (exact) mass is 392 g/mol. The summed E-state index contributed by atoms with van der Waals surface area (Å²) in [5.41, 5.74) is 2.97. The lowest BCUT2D eigenvalue weighted by Gasteiger charge is -2.32. The third kappa shape index (κ3) is 5.54. The molecule has 3 rings (SSSR count). The summed E-state index contributed by atoms with van der Waals surface area (Å²) in [5, 5.41) is 2.74. The Morgan fingerprint density at radius 2 is 1.76 bits per heavy atom. The van der Waals surface area contributed by atoms with Gasteiger partial charge in [-0.2, -0.15) is 0 Å². The zero-order chi connectivity index (χ0) is 20.6. The maximum absolute atomic E-state index is 12.3. The van der Waals surface area contributed by atoms with E-state index < -0.39 is 12.0 Å². The van der Waals surface area contributed by atoms with Gasteiger partial charge in [-0.05, 0) is 29.2 Å². The first kappa shape index (κ1) is 20.3. The van der Waals surface area contributed by atoms with Gasteiger partial charge in [-0.1, -0.05) is 54.6 Å². The maximum atomic E-state index is 12.3. The number of amides is 2. The number of nitrogens with zero attached hydrogens (tertiary/aromatic N) is 1. The number of rotatable bonds is 7. The zero-order valence-corrected chi connectivity index (χ0v) is 16.3. The Hall–Kier alpha value is -3.41. The van der Waals surface area contributed by atoms with Gasteiger partial charge in [0.05, 0.1) is 12.5 Å². The predicted molar refractivity (Wildman–Crippen MR) is 109 cm³/mol. The normalized spacial score (nSPS) is 14.8. The molecule has 6 heteroatoms. The number of carbonyl (C=O) groups is 3. The van der Waals surface area contributed by atoms with E-state index >= 15 is 0 Å². The number of benzene rings is 2. The zero-order valence-electron chi connectivity index (χ0n) is 16.3. The molecule has 0 aromatic heterocycles. The Morgan fingerprint density at radius 3 is 2.52 bits per heavy atom. The molecule has 29 heavy (non-hydrogen) atoms. The second kappa shape index (κ2) is 9.68. The molecule has 0 bridgehead atoms. The molecule has 0 radical (unpaired) electrons. The van der Waals surface area contributed by atoms with Gasteiger partial charge >= 0.3 is 5.97 Å². The quantitative estimate of drug-likeness (QED) is 0.735. The largest absolute Gasteiger partial charge is 0.456 e. The van der Waals surface area contributed by atoms with Crippen molar-refractivity contribution < 1.29 is 19.1 Å². The summed E-state index contributed by atoms with van der Waals surface area (Å²) in [6.45, 7) is 1.59. The van der Waals surface area contributed by atoms with Crippen LogP contribution in [0.3, 0.4) is 0 Å². The standard InChI is InChI=1S/C23H24N2O4/c1-17(26)25-14-12-19-9-5-6-10-20(19)21(25)15-23(28)29-16-22(27)24-13-11-18-7-3-2-4-8-18/h2-10,12,14,21H,11,13,15-16H2,1H3,(H,24,27)/t21-/m1/s1. The van der Waals surface area contributed by atoms with E-state index in [1.807, 2.05) is 60.7 Å². The Labute approximate surface area is 170 Å². The number of hydrogen-bond donors (Lipinski definition) is 1. The van der Waals surface area contributed by atoms with Crippen LogP contribution in [-0.4, -0.2) is 35.8 Å². The maximum Gasteiger partial charge on any atom is 0.308 e. The van der Waals surface area contributed by atoms with Crippen LogP contribution in [0.1, 0.15) is 36.1 Å². The lowest BCUT2D eigenvalue weighted by molar-refractivity contribution is -0.150. The first-order valence-electron chi connectivity index (χ1n) is 9.57. The van der Waals surface area contributed by atoms with Gasteiger partial charge in [-0.25, -0.2) is 0 Å². The summed E-state index contributed by atoms with van der Waals surface area (Å²) < 4.78 is 5.14. The summed E-state index contributed by atoms with van der Waals surface area (Å²) in [4.78, 5) is 37.7. The van der Waals surface area contributed by atoms with E-state index in [-0.39, 0.29) is 24.8 Å². The highest BCUT2D eigenvalue weighted by atomic mass is 16.5. The van der Waals surface area contributed by atoms with Crippen LogP contribution in [0.5, 0.6) is 0 Å². The molecule has 2 amide bonds. The SMILES string of the molecule is CC(=O)N1C=Cc2ccccc2[C@H]1CC(=O)OCC(=O)NCCc1ccccc1. The van der Waals surface area contributed by atoms with Gasteiger partial charge in [-0.15, -0.1) is 0 Å². The molecule has 2 aromatic rings. The second-order valence-corrected chi connectivity index (χ2v) is 6.84. The van der Waals surface area contributed by atoms with Crippen molar-refractivity contribution in [3.05, 3.63) is 77.5 Å². The summed E-state index contributed by atoms with van der Waals surface area (Å²) in [7, 11) is 0. The lowest BCUT2D eigenvalue weighted by atomic mass is 9.94. The smallest absolute Gasteiger partial charge is 0.308 e. The van der Waals surface area contributed by atoms with Crippen molar-refractivity contribution in [1.29, 1.82) is 0 Å². The van der Waals surface area contributed by atoms with Crippen LogP contribution in [0.25, 0.3) is 6.08 Å². The lowest BCUT2D eigenvalue weighted by Crippen LogP contribution is -2.34. The molecule has 1 atom stereocenters. The van der Waals surface area contributed by atoms with Crippen LogP contribution in [-0.2, 0) is 25.5 Å². The highest BCUT2D eigenvalue weighted by Crippen LogP contribution is 2.32. The third-order valence-electron chi connectivity index (χ3n) is 4.77. The number of fused-ring (bicyclic) bond motifs is 1. The average Bonchev–Trinajstić information content (AvgIpc) is 2.73. The Bertz CT molecular complexity index is 908. The molecule has 0 fully saturated rings. The summed E-state index contributed by atoms with van der Waals surface area (Å²) in [5.74, 6) is -1.03. The van der Waals surface area contributed by atoms with Crippen LogP contribution < -0.4 is 5.32 Å². The molecule has 2 aromatic carbocycles. The number of hydrogen-bond acceptors (Lipinski definition) is 4. The minimum absolute atomic E-state index is 0.0156. The van der Waals surface area contributed by atoms with Gasteiger partial charge in [0.15, 0.2) is 6.61 Å². The van der Waals surface area contributed by atoms with Crippen molar-refractivity contribution in [3.63, 3.8) is 0 Å². The molecule has 0 saturated heterocycles. The van der Waals surface area contributed by atoms with Crippen LogP contribution >= 0.6 is 0 Å². The first-order chi connectivity index (χ1) is 14.0. The van der Waals surface area contributed by atoms with Crippen LogP contribution in [0.4, 0.5) is 0 Å². The topological polar surface area (TPSA) is 75.7 Å². The summed E-state index contributed by atoms with van der Waals surface area (Å²) >= 11 is 0. The van der Waals surface area contributed by atoms with Crippen molar-refractivity contribution in [1.82, 2.24) is 10.2 Å². The molecule has 0 spiro atoms. The van der Waals surface area contributed by atoms with Crippen molar-refractivity contribution in [2.45, 2.75) is 25.8 Å². The van der Waals surface area contributed by atoms with Gasteiger partial charge < -0.3 is 15.0 Å². The fourth-order valence-corrected chi connectivity index (χ4v) is 3.32. The van der Waals surface area contributed by atoms with Crippen molar-refractivity contribution in [2.75, 3.05) is 13.2 Å². The highest BCUT2D eigenvalue weighted by Gasteiger charge is 2.28. The van der Waals surface area contributed by atoms with Gasteiger partial charge in [0.2, 0.25) is 5.91 Å². The van der Waals surface area contributed by atoms with Gasteiger partial charge in [0.1, 0.15) is 0 Å². The average molecular weight is 392 g/mol. The van der Waals surface area contributed by atoms with Crippen molar-refractivity contribution in [3.8, 4) is 0 Å². The van der Waals surface area contributed by atoms with E-state index in [1.54, 1.807) is 6.20 Å². The molecule has 1 heterocycles. The van der Waals surface area contributed by atoms with Gasteiger partial charge in [0.25, 0.3) is 5.91 Å². The molecule has 1 aliphatic heterocycles. The fraction of sp³-hybridized carbons (Fsp3) is 0.261. The van der Waals surface area contributed by atoms with Gasteiger partial charge in [0, 0.05) is 19.7 Å². The summed E-state index contributed by atoms with van der Waals surface area (Å²) in [6, 6.07) is 17.0. The molecule has 0 unspecified atom stereocenters. The number of nitrogens with one attached hydrogen (secondary N) is 1. The minimum atomic E-state index is -0.524. The molecular weight excluding hydrogens is 368 g/mol. The molecule has 0 saturated carbocycles. The third-order valence-corrected chi connectivity index (χ3v) is 4.77. The molecule has 6 nitrogen and oxygen atoms in total. The van der Waals surface area contributed by atoms with E-state index in [0.29, 0.717) is 13.0 Å². The molecular formula is C23H24N2O4. The fourth-order valence-electron chi connectivity index (χ4n) is 3.32. The van der Waals surface area contributed by atoms with E-state index in [1.165, 1.54) is 11.8 Å². The number of carbonyl (C=O) groups excluding carboxylic acids is 3. The highest BCUT2D eigenvalue weighted by molar-refractivity contribution is 5.82. The van der Waals surface area contributed by atoms with Crippen molar-refractivity contribution >= 4 is 23.9 Å².